The first-order chi connectivity index (χ1) is 12.1. The second-order valence-electron chi connectivity index (χ2n) is 6.50. The van der Waals surface area contributed by atoms with Crippen molar-refractivity contribution in [3.8, 4) is 0 Å². The van der Waals surface area contributed by atoms with Gasteiger partial charge in [-0.05, 0) is 30.4 Å². The molecule has 1 saturated heterocycles. The highest BCUT2D eigenvalue weighted by Gasteiger charge is 2.24. The van der Waals surface area contributed by atoms with Gasteiger partial charge in [-0.25, -0.2) is 0 Å². The van der Waals surface area contributed by atoms with Crippen LogP contribution in [0.2, 0.25) is 0 Å². The van der Waals surface area contributed by atoms with E-state index < -0.39 is 0 Å². The van der Waals surface area contributed by atoms with Crippen LogP contribution in [0.15, 0.2) is 41.8 Å². The fraction of sp³-hybridized carbons (Fsp3) is 0.400. The Morgan fingerprint density at radius 1 is 0.960 bits per heavy atom. The Labute approximate surface area is 153 Å². The number of amides is 2. The molecule has 0 aliphatic carbocycles. The number of piperazine rings is 1. The maximum absolute atomic E-state index is 12.4. The van der Waals surface area contributed by atoms with E-state index in [2.05, 4.69) is 31.2 Å². The fourth-order valence-corrected chi connectivity index (χ4v) is 3.74. The molecule has 4 nitrogen and oxygen atoms in total. The van der Waals surface area contributed by atoms with Crippen molar-refractivity contribution in [3.05, 3.63) is 57.8 Å². The van der Waals surface area contributed by atoms with Crippen molar-refractivity contribution < 1.29 is 9.59 Å². The molecule has 132 valence electrons. The average Bonchev–Trinajstić information content (AvgIpc) is 3.14. The highest BCUT2D eigenvalue weighted by molar-refractivity contribution is 7.10. The number of aryl methyl sites for hydroxylation is 2. The number of hydrogen-bond donors (Lipinski definition) is 0. The zero-order valence-corrected chi connectivity index (χ0v) is 15.4. The van der Waals surface area contributed by atoms with Gasteiger partial charge in [-0.1, -0.05) is 35.9 Å². The van der Waals surface area contributed by atoms with Crippen LogP contribution in [0.3, 0.4) is 0 Å². The van der Waals surface area contributed by atoms with Crippen LogP contribution in [-0.2, 0) is 22.4 Å². The summed E-state index contributed by atoms with van der Waals surface area (Å²) in [4.78, 5) is 29.6. The van der Waals surface area contributed by atoms with E-state index in [1.807, 2.05) is 27.3 Å². The van der Waals surface area contributed by atoms with Gasteiger partial charge in [-0.3, -0.25) is 9.59 Å². The summed E-state index contributed by atoms with van der Waals surface area (Å²) < 4.78 is 0. The van der Waals surface area contributed by atoms with Crippen LogP contribution in [0.4, 0.5) is 0 Å². The predicted molar refractivity (Wildman–Crippen MR) is 101 cm³/mol. The van der Waals surface area contributed by atoms with Crippen LogP contribution in [-0.4, -0.2) is 47.8 Å². The summed E-state index contributed by atoms with van der Waals surface area (Å²) in [5.74, 6) is 0.347. The smallest absolute Gasteiger partial charge is 0.227 e. The van der Waals surface area contributed by atoms with Crippen molar-refractivity contribution >= 4 is 23.2 Å². The van der Waals surface area contributed by atoms with Gasteiger partial charge in [0.05, 0.1) is 6.42 Å². The lowest BCUT2D eigenvalue weighted by Crippen LogP contribution is -2.51. The Hall–Kier alpha value is -2.14. The number of carbonyl (C=O) groups is 2. The topological polar surface area (TPSA) is 40.6 Å². The SMILES string of the molecule is Cc1ccc(CCC(=O)N2CCN(C(=O)Cc3cccs3)CC2)cc1. The summed E-state index contributed by atoms with van der Waals surface area (Å²) in [6.45, 7) is 4.63. The lowest BCUT2D eigenvalue weighted by molar-refractivity contribution is -0.139. The summed E-state index contributed by atoms with van der Waals surface area (Å²) in [5.41, 5.74) is 2.43. The molecule has 1 aromatic carbocycles. The molecule has 1 aromatic heterocycles. The van der Waals surface area contributed by atoms with E-state index in [1.165, 1.54) is 11.1 Å². The zero-order valence-electron chi connectivity index (χ0n) is 14.6. The number of rotatable bonds is 5. The Morgan fingerprint density at radius 2 is 1.60 bits per heavy atom. The second-order valence-corrected chi connectivity index (χ2v) is 7.54. The van der Waals surface area contributed by atoms with Gasteiger partial charge < -0.3 is 9.80 Å². The maximum Gasteiger partial charge on any atom is 0.227 e. The molecule has 1 fully saturated rings. The number of benzene rings is 1. The Balaban J connectivity index is 1.42. The fourth-order valence-electron chi connectivity index (χ4n) is 3.04. The minimum absolute atomic E-state index is 0.161. The Kier molecular flexibility index (Phi) is 5.87. The quantitative estimate of drug-likeness (QED) is 0.826. The van der Waals surface area contributed by atoms with Crippen molar-refractivity contribution in [2.45, 2.75) is 26.2 Å². The molecule has 1 aliphatic heterocycles. The molecule has 5 heteroatoms. The third-order valence-electron chi connectivity index (χ3n) is 4.64. The molecule has 1 aliphatic rings. The molecule has 3 rings (SSSR count). The molecular weight excluding hydrogens is 332 g/mol. The molecule has 0 radical (unpaired) electrons. The highest BCUT2D eigenvalue weighted by atomic mass is 32.1. The molecule has 0 bridgehead atoms. The lowest BCUT2D eigenvalue weighted by atomic mass is 10.1. The molecule has 0 atom stereocenters. The van der Waals surface area contributed by atoms with Gasteiger partial charge in [-0.15, -0.1) is 11.3 Å². The average molecular weight is 356 g/mol. The van der Waals surface area contributed by atoms with Crippen molar-refractivity contribution in [1.82, 2.24) is 9.80 Å². The molecule has 0 spiro atoms. The molecule has 2 aromatic rings. The van der Waals surface area contributed by atoms with Gasteiger partial charge in [-0.2, -0.15) is 0 Å². The number of carbonyl (C=O) groups excluding carboxylic acids is 2. The Morgan fingerprint density at radius 3 is 2.20 bits per heavy atom. The van der Waals surface area contributed by atoms with Crippen molar-refractivity contribution in [2.75, 3.05) is 26.2 Å². The highest BCUT2D eigenvalue weighted by Crippen LogP contribution is 2.13. The van der Waals surface area contributed by atoms with Gasteiger partial charge in [0, 0.05) is 37.5 Å². The predicted octanol–water partition coefficient (Wildman–Crippen LogP) is 2.90. The van der Waals surface area contributed by atoms with E-state index in [9.17, 15) is 9.59 Å². The summed E-state index contributed by atoms with van der Waals surface area (Å²) >= 11 is 1.61. The van der Waals surface area contributed by atoms with Crippen molar-refractivity contribution in [2.24, 2.45) is 0 Å². The van der Waals surface area contributed by atoms with Gasteiger partial charge >= 0.3 is 0 Å². The summed E-state index contributed by atoms with van der Waals surface area (Å²) in [5, 5.41) is 1.99. The van der Waals surface area contributed by atoms with Crippen LogP contribution >= 0.6 is 11.3 Å². The van der Waals surface area contributed by atoms with Crippen LogP contribution in [0.1, 0.15) is 22.4 Å². The minimum Gasteiger partial charge on any atom is -0.339 e. The molecule has 2 amide bonds. The summed E-state index contributed by atoms with van der Waals surface area (Å²) in [6, 6.07) is 12.3. The lowest BCUT2D eigenvalue weighted by Gasteiger charge is -2.35. The maximum atomic E-state index is 12.4. The van der Waals surface area contributed by atoms with Crippen LogP contribution in [0.5, 0.6) is 0 Å². The van der Waals surface area contributed by atoms with E-state index >= 15 is 0 Å². The molecule has 25 heavy (non-hydrogen) atoms. The van der Waals surface area contributed by atoms with Gasteiger partial charge in [0.1, 0.15) is 0 Å². The first-order valence-corrected chi connectivity index (χ1v) is 9.63. The second kappa shape index (κ2) is 8.30. The third-order valence-corrected chi connectivity index (χ3v) is 5.52. The van der Waals surface area contributed by atoms with E-state index in [1.54, 1.807) is 11.3 Å². The summed E-state index contributed by atoms with van der Waals surface area (Å²) in [6.07, 6.45) is 1.78. The molecule has 0 unspecified atom stereocenters. The zero-order chi connectivity index (χ0) is 17.6. The van der Waals surface area contributed by atoms with Crippen LogP contribution in [0.25, 0.3) is 0 Å². The standard InChI is InChI=1S/C20H24N2O2S/c1-16-4-6-17(7-5-16)8-9-19(23)21-10-12-22(13-11-21)20(24)15-18-3-2-14-25-18/h2-7,14H,8-13,15H2,1H3. The van der Waals surface area contributed by atoms with Gasteiger partial charge in [0.25, 0.3) is 0 Å². The molecule has 2 heterocycles. The van der Waals surface area contributed by atoms with Gasteiger partial charge in [0.15, 0.2) is 0 Å². The van der Waals surface area contributed by atoms with E-state index in [4.69, 9.17) is 0 Å². The van der Waals surface area contributed by atoms with Crippen molar-refractivity contribution in [1.29, 1.82) is 0 Å². The van der Waals surface area contributed by atoms with E-state index in [-0.39, 0.29) is 11.8 Å². The number of hydrogen-bond acceptors (Lipinski definition) is 3. The number of nitrogens with zero attached hydrogens (tertiary/aromatic N) is 2. The molecular formula is C20H24N2O2S. The largest absolute Gasteiger partial charge is 0.339 e. The normalized spacial score (nSPS) is 14.6. The van der Waals surface area contributed by atoms with Crippen molar-refractivity contribution in [3.63, 3.8) is 0 Å². The Bertz CT molecular complexity index is 702. The third kappa shape index (κ3) is 4.92. The van der Waals surface area contributed by atoms with E-state index in [0.717, 1.165) is 11.3 Å². The van der Waals surface area contributed by atoms with Crippen LogP contribution < -0.4 is 0 Å². The first kappa shape index (κ1) is 17.7. The van der Waals surface area contributed by atoms with E-state index in [0.29, 0.717) is 39.0 Å². The number of thiophene rings is 1. The first-order valence-electron chi connectivity index (χ1n) is 8.75. The van der Waals surface area contributed by atoms with Gasteiger partial charge in [0.2, 0.25) is 11.8 Å². The molecule has 0 saturated carbocycles. The summed E-state index contributed by atoms with van der Waals surface area (Å²) in [7, 11) is 0. The molecule has 0 N–H and O–H groups in total. The minimum atomic E-state index is 0.161. The monoisotopic (exact) mass is 356 g/mol. The van der Waals surface area contributed by atoms with Crippen LogP contribution in [0, 0.1) is 6.92 Å².